The third kappa shape index (κ3) is 4.71. The van der Waals surface area contributed by atoms with Gasteiger partial charge < -0.3 is 15.5 Å². The highest BCUT2D eigenvalue weighted by Crippen LogP contribution is 2.22. The lowest BCUT2D eigenvalue weighted by molar-refractivity contribution is -0.128. The van der Waals surface area contributed by atoms with Crippen molar-refractivity contribution in [3.63, 3.8) is 0 Å². The van der Waals surface area contributed by atoms with E-state index in [-0.39, 0.29) is 23.4 Å². The number of benzene rings is 1. The summed E-state index contributed by atoms with van der Waals surface area (Å²) in [7, 11) is 1.72. The van der Waals surface area contributed by atoms with E-state index in [4.69, 9.17) is 11.6 Å². The number of hydrogen-bond acceptors (Lipinski definition) is 5. The molecule has 2 aromatic heterocycles. The number of carbonyl (C=O) groups is 2. The number of pyridine rings is 1. The molecule has 0 saturated carbocycles. The Kier molecular flexibility index (Phi) is 6.22. The van der Waals surface area contributed by atoms with Crippen molar-refractivity contribution in [2.75, 3.05) is 13.6 Å². The average molecular weight is 457 g/mol. The van der Waals surface area contributed by atoms with Crippen molar-refractivity contribution < 1.29 is 9.59 Å². The first-order chi connectivity index (χ1) is 14.9. The Morgan fingerprint density at radius 3 is 2.58 bits per heavy atom. The standard InChI is InChI=1S/C22H21ClN4O3S/c1-26-13-16(20(22(26)30)25-21(29)17-9-10-18(23)31-17)24-12-14-5-7-15(8-6-14)27-11-3-2-4-19(27)28/h2-11,16,20,24H,12-13H2,1H3,(H,25,29)/t16-,20-/m0/s1. The number of hydrogen-bond donors (Lipinski definition) is 2. The molecule has 1 aliphatic heterocycles. The lowest BCUT2D eigenvalue weighted by Gasteiger charge is -2.19. The van der Waals surface area contributed by atoms with Gasteiger partial charge in [0.2, 0.25) is 5.91 Å². The molecule has 0 spiro atoms. The van der Waals surface area contributed by atoms with Crippen LogP contribution in [0, 0.1) is 0 Å². The molecule has 4 rings (SSSR count). The van der Waals surface area contributed by atoms with Crippen molar-refractivity contribution in [2.24, 2.45) is 0 Å². The van der Waals surface area contributed by atoms with E-state index in [9.17, 15) is 14.4 Å². The molecule has 7 nitrogen and oxygen atoms in total. The van der Waals surface area contributed by atoms with Crippen LogP contribution in [0.15, 0.2) is 65.6 Å². The minimum Gasteiger partial charge on any atom is -0.342 e. The van der Waals surface area contributed by atoms with E-state index >= 15 is 0 Å². The Morgan fingerprint density at radius 2 is 1.90 bits per heavy atom. The Balaban J connectivity index is 1.41. The van der Waals surface area contributed by atoms with Gasteiger partial charge >= 0.3 is 0 Å². The van der Waals surface area contributed by atoms with Gasteiger partial charge in [0.15, 0.2) is 0 Å². The molecule has 3 heterocycles. The molecule has 2 N–H and O–H groups in total. The van der Waals surface area contributed by atoms with Gasteiger partial charge in [-0.1, -0.05) is 29.8 Å². The Bertz CT molecular complexity index is 1160. The summed E-state index contributed by atoms with van der Waals surface area (Å²) in [6.07, 6.45) is 1.73. The maximum absolute atomic E-state index is 12.5. The average Bonchev–Trinajstić information content (AvgIpc) is 3.32. The van der Waals surface area contributed by atoms with Crippen LogP contribution < -0.4 is 16.2 Å². The fourth-order valence-electron chi connectivity index (χ4n) is 3.56. The lowest BCUT2D eigenvalue weighted by Crippen LogP contribution is -2.50. The first-order valence-corrected chi connectivity index (χ1v) is 10.9. The van der Waals surface area contributed by atoms with Crippen LogP contribution in [0.2, 0.25) is 4.34 Å². The fourth-order valence-corrected chi connectivity index (χ4v) is 4.50. The molecule has 0 aliphatic carbocycles. The third-order valence-electron chi connectivity index (χ3n) is 5.20. The van der Waals surface area contributed by atoms with Gasteiger partial charge in [-0.05, 0) is 35.9 Å². The van der Waals surface area contributed by atoms with Gasteiger partial charge in [-0.15, -0.1) is 11.3 Å². The molecule has 0 bridgehead atoms. The first-order valence-electron chi connectivity index (χ1n) is 9.74. The monoisotopic (exact) mass is 456 g/mol. The number of nitrogens with zero attached hydrogens (tertiary/aromatic N) is 2. The van der Waals surface area contributed by atoms with Gasteiger partial charge in [0.05, 0.1) is 15.3 Å². The predicted molar refractivity (Wildman–Crippen MR) is 121 cm³/mol. The molecular formula is C22H21ClN4O3S. The molecule has 2 amide bonds. The van der Waals surface area contributed by atoms with Crippen molar-refractivity contribution in [1.82, 2.24) is 20.1 Å². The van der Waals surface area contributed by atoms with Crippen LogP contribution in [0.5, 0.6) is 0 Å². The lowest BCUT2D eigenvalue weighted by atomic mass is 10.1. The third-order valence-corrected chi connectivity index (χ3v) is 6.43. The molecule has 1 saturated heterocycles. The summed E-state index contributed by atoms with van der Waals surface area (Å²) < 4.78 is 2.10. The maximum Gasteiger partial charge on any atom is 0.262 e. The van der Waals surface area contributed by atoms with Gasteiger partial charge in [-0.2, -0.15) is 0 Å². The number of thiophene rings is 1. The van der Waals surface area contributed by atoms with E-state index in [2.05, 4.69) is 10.6 Å². The molecule has 0 unspecified atom stereocenters. The van der Waals surface area contributed by atoms with E-state index in [0.717, 1.165) is 11.3 Å². The van der Waals surface area contributed by atoms with Crippen LogP contribution in [0.1, 0.15) is 15.2 Å². The molecule has 1 aromatic carbocycles. The van der Waals surface area contributed by atoms with Gasteiger partial charge in [0.1, 0.15) is 6.04 Å². The second kappa shape index (κ2) is 9.05. The van der Waals surface area contributed by atoms with Crippen molar-refractivity contribution in [2.45, 2.75) is 18.6 Å². The number of halogens is 1. The SMILES string of the molecule is CN1C[C@H](NCc2ccc(-n3ccccc3=O)cc2)[C@H](NC(=O)c2ccc(Cl)s2)C1=O. The second-order valence-corrected chi connectivity index (χ2v) is 9.05. The Hall–Kier alpha value is -2.94. The number of carbonyl (C=O) groups excluding carboxylic acids is 2. The summed E-state index contributed by atoms with van der Waals surface area (Å²) in [5.74, 6) is -0.442. The Morgan fingerprint density at radius 1 is 1.13 bits per heavy atom. The van der Waals surface area contributed by atoms with Crippen LogP contribution in [0.3, 0.4) is 0 Å². The predicted octanol–water partition coefficient (Wildman–Crippen LogP) is 2.28. The van der Waals surface area contributed by atoms with E-state index in [1.54, 1.807) is 40.9 Å². The largest absolute Gasteiger partial charge is 0.342 e. The van der Waals surface area contributed by atoms with Crippen molar-refractivity contribution in [3.05, 3.63) is 85.9 Å². The summed E-state index contributed by atoms with van der Waals surface area (Å²) >= 11 is 7.09. The molecule has 3 aromatic rings. The number of rotatable bonds is 6. The maximum atomic E-state index is 12.5. The number of amides is 2. The first kappa shape index (κ1) is 21.3. The van der Waals surface area contributed by atoms with Crippen LogP contribution in [0.25, 0.3) is 5.69 Å². The van der Waals surface area contributed by atoms with E-state index in [0.29, 0.717) is 22.3 Å². The second-order valence-electron chi connectivity index (χ2n) is 7.34. The zero-order chi connectivity index (χ0) is 22.0. The summed E-state index contributed by atoms with van der Waals surface area (Å²) in [5, 5.41) is 6.21. The molecule has 31 heavy (non-hydrogen) atoms. The minimum atomic E-state index is -0.652. The smallest absolute Gasteiger partial charge is 0.262 e. The molecule has 160 valence electrons. The van der Waals surface area contributed by atoms with E-state index in [1.165, 1.54) is 17.4 Å². The van der Waals surface area contributed by atoms with Crippen LogP contribution in [-0.2, 0) is 11.3 Å². The van der Waals surface area contributed by atoms with E-state index in [1.807, 2.05) is 30.3 Å². The topological polar surface area (TPSA) is 83.4 Å². The zero-order valence-electron chi connectivity index (χ0n) is 16.7. The number of aromatic nitrogens is 1. The number of nitrogens with one attached hydrogen (secondary N) is 2. The van der Waals surface area contributed by atoms with E-state index < -0.39 is 6.04 Å². The van der Waals surface area contributed by atoms with Crippen LogP contribution >= 0.6 is 22.9 Å². The molecule has 9 heteroatoms. The highest BCUT2D eigenvalue weighted by molar-refractivity contribution is 7.18. The fraction of sp³-hybridized carbons (Fsp3) is 0.227. The highest BCUT2D eigenvalue weighted by Gasteiger charge is 2.39. The molecular weight excluding hydrogens is 436 g/mol. The summed E-state index contributed by atoms with van der Waals surface area (Å²) in [6, 6.07) is 15.1. The van der Waals surface area contributed by atoms with Crippen LogP contribution in [0.4, 0.5) is 0 Å². The van der Waals surface area contributed by atoms with Gasteiger partial charge in [-0.3, -0.25) is 19.0 Å². The van der Waals surface area contributed by atoms with Crippen LogP contribution in [-0.4, -0.2) is 47.0 Å². The van der Waals surface area contributed by atoms with Gasteiger partial charge in [0, 0.05) is 38.1 Å². The summed E-state index contributed by atoms with van der Waals surface area (Å²) in [6.45, 7) is 1.01. The molecule has 1 fully saturated rings. The van der Waals surface area contributed by atoms with Gasteiger partial charge in [-0.25, -0.2) is 0 Å². The number of likely N-dealkylation sites (N-methyl/N-ethyl adjacent to an activating group) is 1. The summed E-state index contributed by atoms with van der Waals surface area (Å²) in [5.41, 5.74) is 1.70. The normalized spacial score (nSPS) is 18.4. The zero-order valence-corrected chi connectivity index (χ0v) is 18.3. The summed E-state index contributed by atoms with van der Waals surface area (Å²) in [4.78, 5) is 39.1. The van der Waals surface area contributed by atoms with Crippen molar-refractivity contribution in [1.29, 1.82) is 0 Å². The van der Waals surface area contributed by atoms with Crippen molar-refractivity contribution >= 4 is 34.8 Å². The number of likely N-dealkylation sites (tertiary alicyclic amines) is 1. The quantitative estimate of drug-likeness (QED) is 0.596. The Labute approximate surface area is 188 Å². The van der Waals surface area contributed by atoms with Gasteiger partial charge in [0.25, 0.3) is 11.5 Å². The molecule has 0 radical (unpaired) electrons. The minimum absolute atomic E-state index is 0.0912. The molecule has 1 aliphatic rings. The highest BCUT2D eigenvalue weighted by atomic mass is 35.5. The van der Waals surface area contributed by atoms with Crippen molar-refractivity contribution in [3.8, 4) is 5.69 Å². The molecule has 2 atom stereocenters.